The number of para-hydroxylation sites is 1. The summed E-state index contributed by atoms with van der Waals surface area (Å²) in [5.74, 6) is 1.74. The van der Waals surface area contributed by atoms with Crippen LogP contribution < -0.4 is 9.47 Å². The molecule has 0 radical (unpaired) electrons. The van der Waals surface area contributed by atoms with Crippen molar-refractivity contribution < 1.29 is 9.47 Å². The fourth-order valence-electron chi connectivity index (χ4n) is 2.37. The monoisotopic (exact) mass is 304 g/mol. The predicted octanol–water partition coefficient (Wildman–Crippen LogP) is 4.74. The molecular weight excluding hydrogens is 284 g/mol. The lowest BCUT2D eigenvalue weighted by atomic mass is 10.1. The molecular formula is C21H20O2. The van der Waals surface area contributed by atoms with Crippen LogP contribution in [0.5, 0.6) is 11.5 Å². The minimum Gasteiger partial charge on any atom is -0.490 e. The largest absolute Gasteiger partial charge is 0.490 e. The van der Waals surface area contributed by atoms with Crippen LogP contribution in [-0.4, -0.2) is 13.2 Å². The number of hydrogen-bond acceptors (Lipinski definition) is 2. The molecule has 0 aromatic heterocycles. The standard InChI is InChI=1S/C21H20O2/c1-3-7-18(8-4-1)17-19-11-13-21(14-12-19)23-16-15-22-20-9-5-2-6-10-20/h1-14H,15-17H2. The molecule has 0 aliphatic carbocycles. The van der Waals surface area contributed by atoms with E-state index >= 15 is 0 Å². The zero-order chi connectivity index (χ0) is 15.7. The molecule has 2 heteroatoms. The van der Waals surface area contributed by atoms with Gasteiger partial charge in [-0.05, 0) is 41.8 Å². The highest BCUT2D eigenvalue weighted by molar-refractivity contribution is 5.31. The zero-order valence-corrected chi connectivity index (χ0v) is 13.0. The summed E-state index contributed by atoms with van der Waals surface area (Å²) in [5.41, 5.74) is 2.60. The first kappa shape index (κ1) is 15.2. The van der Waals surface area contributed by atoms with Crippen LogP contribution in [0.25, 0.3) is 0 Å². The molecule has 3 aromatic rings. The second kappa shape index (κ2) is 8.04. The van der Waals surface area contributed by atoms with Gasteiger partial charge in [-0.15, -0.1) is 0 Å². The van der Waals surface area contributed by atoms with Gasteiger partial charge in [0.1, 0.15) is 24.7 Å². The summed E-state index contributed by atoms with van der Waals surface area (Å²) in [5, 5.41) is 0. The summed E-state index contributed by atoms with van der Waals surface area (Å²) in [7, 11) is 0. The molecule has 3 rings (SSSR count). The maximum absolute atomic E-state index is 5.71. The van der Waals surface area contributed by atoms with Crippen LogP contribution in [0.4, 0.5) is 0 Å². The molecule has 116 valence electrons. The van der Waals surface area contributed by atoms with Crippen molar-refractivity contribution in [3.8, 4) is 11.5 Å². The van der Waals surface area contributed by atoms with E-state index in [9.17, 15) is 0 Å². The number of hydrogen-bond donors (Lipinski definition) is 0. The number of rotatable bonds is 7. The predicted molar refractivity (Wildman–Crippen MR) is 93.1 cm³/mol. The van der Waals surface area contributed by atoms with Crippen LogP contribution in [0.2, 0.25) is 0 Å². The van der Waals surface area contributed by atoms with Crippen molar-refractivity contribution in [1.82, 2.24) is 0 Å². The molecule has 0 heterocycles. The second-order valence-electron chi connectivity index (χ2n) is 5.32. The molecule has 0 aliphatic heterocycles. The smallest absolute Gasteiger partial charge is 0.122 e. The minimum atomic E-state index is 0.535. The van der Waals surface area contributed by atoms with Crippen LogP contribution in [-0.2, 0) is 6.42 Å². The highest BCUT2D eigenvalue weighted by atomic mass is 16.5. The van der Waals surface area contributed by atoms with Gasteiger partial charge in [0.05, 0.1) is 0 Å². The molecule has 0 atom stereocenters. The van der Waals surface area contributed by atoms with Gasteiger partial charge < -0.3 is 9.47 Å². The van der Waals surface area contributed by atoms with Gasteiger partial charge in [-0.25, -0.2) is 0 Å². The van der Waals surface area contributed by atoms with Crippen molar-refractivity contribution in [2.45, 2.75) is 6.42 Å². The van der Waals surface area contributed by atoms with E-state index in [1.54, 1.807) is 0 Å². The Morgan fingerprint density at radius 3 is 1.57 bits per heavy atom. The van der Waals surface area contributed by atoms with E-state index in [-0.39, 0.29) is 0 Å². The Morgan fingerprint density at radius 1 is 0.478 bits per heavy atom. The number of benzene rings is 3. The normalized spacial score (nSPS) is 10.3. The van der Waals surface area contributed by atoms with E-state index in [1.165, 1.54) is 11.1 Å². The zero-order valence-electron chi connectivity index (χ0n) is 13.0. The second-order valence-corrected chi connectivity index (χ2v) is 5.32. The van der Waals surface area contributed by atoms with Crippen LogP contribution >= 0.6 is 0 Å². The topological polar surface area (TPSA) is 18.5 Å². The van der Waals surface area contributed by atoms with E-state index in [1.807, 2.05) is 48.5 Å². The maximum Gasteiger partial charge on any atom is 0.122 e. The summed E-state index contributed by atoms with van der Waals surface area (Å²) < 4.78 is 11.3. The quantitative estimate of drug-likeness (QED) is 0.587. The molecule has 0 fully saturated rings. The molecule has 0 saturated heterocycles. The first-order valence-electron chi connectivity index (χ1n) is 7.84. The van der Waals surface area contributed by atoms with Gasteiger partial charge in [0.25, 0.3) is 0 Å². The molecule has 0 saturated carbocycles. The van der Waals surface area contributed by atoms with E-state index in [0.29, 0.717) is 13.2 Å². The third-order valence-corrected chi connectivity index (χ3v) is 3.54. The molecule has 0 N–H and O–H groups in total. The molecule has 0 amide bonds. The Balaban J connectivity index is 1.44. The SMILES string of the molecule is c1ccc(Cc2ccc(OCCOc3ccccc3)cc2)cc1. The van der Waals surface area contributed by atoms with Crippen LogP contribution in [0.3, 0.4) is 0 Å². The molecule has 0 unspecified atom stereocenters. The first-order chi connectivity index (χ1) is 11.4. The highest BCUT2D eigenvalue weighted by Gasteiger charge is 1.98. The van der Waals surface area contributed by atoms with Crippen LogP contribution in [0, 0.1) is 0 Å². The highest BCUT2D eigenvalue weighted by Crippen LogP contribution is 2.15. The Kier molecular flexibility index (Phi) is 5.30. The average Bonchev–Trinajstić information content (AvgIpc) is 2.62. The van der Waals surface area contributed by atoms with Gasteiger partial charge in [-0.3, -0.25) is 0 Å². The molecule has 0 spiro atoms. The summed E-state index contributed by atoms with van der Waals surface area (Å²) in [6.45, 7) is 1.07. The Morgan fingerprint density at radius 2 is 0.957 bits per heavy atom. The van der Waals surface area contributed by atoms with Gasteiger partial charge >= 0.3 is 0 Å². The van der Waals surface area contributed by atoms with Crippen molar-refractivity contribution in [1.29, 1.82) is 0 Å². The fourth-order valence-corrected chi connectivity index (χ4v) is 2.37. The Labute approximate surface area is 137 Å². The lowest BCUT2D eigenvalue weighted by Gasteiger charge is -2.09. The average molecular weight is 304 g/mol. The maximum atomic E-state index is 5.71. The lowest BCUT2D eigenvalue weighted by molar-refractivity contribution is 0.217. The third kappa shape index (κ3) is 4.89. The van der Waals surface area contributed by atoms with Gasteiger partial charge in [-0.2, -0.15) is 0 Å². The van der Waals surface area contributed by atoms with Gasteiger partial charge in [0, 0.05) is 0 Å². The van der Waals surface area contributed by atoms with Crippen LogP contribution in [0.15, 0.2) is 84.9 Å². The van der Waals surface area contributed by atoms with Gasteiger partial charge in [-0.1, -0.05) is 60.7 Å². The number of ether oxygens (including phenoxy) is 2. The Bertz CT molecular complexity index is 691. The summed E-state index contributed by atoms with van der Waals surface area (Å²) in [6, 6.07) is 28.5. The molecule has 0 bridgehead atoms. The van der Waals surface area contributed by atoms with E-state index < -0.39 is 0 Å². The molecule has 3 aromatic carbocycles. The van der Waals surface area contributed by atoms with Crippen molar-refractivity contribution in [3.05, 3.63) is 96.1 Å². The van der Waals surface area contributed by atoms with Crippen LogP contribution in [0.1, 0.15) is 11.1 Å². The van der Waals surface area contributed by atoms with E-state index in [4.69, 9.17) is 9.47 Å². The van der Waals surface area contributed by atoms with Gasteiger partial charge in [0.2, 0.25) is 0 Å². The first-order valence-corrected chi connectivity index (χ1v) is 7.84. The fraction of sp³-hybridized carbons (Fsp3) is 0.143. The Hall–Kier alpha value is -2.74. The lowest BCUT2D eigenvalue weighted by Crippen LogP contribution is -2.08. The van der Waals surface area contributed by atoms with Crippen molar-refractivity contribution in [2.75, 3.05) is 13.2 Å². The molecule has 2 nitrogen and oxygen atoms in total. The minimum absolute atomic E-state index is 0.535. The molecule has 0 aliphatic rings. The summed E-state index contributed by atoms with van der Waals surface area (Å²) >= 11 is 0. The van der Waals surface area contributed by atoms with E-state index in [0.717, 1.165) is 17.9 Å². The summed E-state index contributed by atoms with van der Waals surface area (Å²) in [6.07, 6.45) is 0.943. The van der Waals surface area contributed by atoms with Gasteiger partial charge in [0.15, 0.2) is 0 Å². The van der Waals surface area contributed by atoms with E-state index in [2.05, 4.69) is 36.4 Å². The van der Waals surface area contributed by atoms with Crippen molar-refractivity contribution in [3.63, 3.8) is 0 Å². The van der Waals surface area contributed by atoms with Crippen molar-refractivity contribution >= 4 is 0 Å². The third-order valence-electron chi connectivity index (χ3n) is 3.54. The van der Waals surface area contributed by atoms with Crippen molar-refractivity contribution in [2.24, 2.45) is 0 Å². The summed E-state index contributed by atoms with van der Waals surface area (Å²) in [4.78, 5) is 0. The molecule has 23 heavy (non-hydrogen) atoms.